The standard InChI is InChI=1S/C8H9F3N4O/c9-8(10,11)4-15(13)7-2-14-5(3-16)1-6(7)12/h1-3H,4,13H2,(H2,12,14). The Balaban J connectivity index is 2.92. The molecule has 0 amide bonds. The molecule has 0 aliphatic rings. The van der Waals surface area contributed by atoms with Crippen molar-refractivity contribution in [2.45, 2.75) is 6.18 Å². The Bertz CT molecular complexity index is 393. The van der Waals surface area contributed by atoms with Crippen molar-refractivity contribution in [2.24, 2.45) is 5.84 Å². The lowest BCUT2D eigenvalue weighted by molar-refractivity contribution is -0.119. The molecule has 0 atom stereocenters. The molecule has 8 heteroatoms. The summed E-state index contributed by atoms with van der Waals surface area (Å²) in [5.41, 5.74) is 5.34. The average molecular weight is 234 g/mol. The lowest BCUT2D eigenvalue weighted by Gasteiger charge is -2.21. The number of nitrogens with zero attached hydrogens (tertiary/aromatic N) is 2. The minimum atomic E-state index is -4.44. The molecule has 0 fully saturated rings. The predicted octanol–water partition coefficient (Wildman–Crippen LogP) is 0.719. The van der Waals surface area contributed by atoms with E-state index in [4.69, 9.17) is 11.6 Å². The van der Waals surface area contributed by atoms with Crippen molar-refractivity contribution >= 4 is 17.7 Å². The second-order valence-corrected chi connectivity index (χ2v) is 3.03. The van der Waals surface area contributed by atoms with Gasteiger partial charge in [-0.2, -0.15) is 13.2 Å². The number of hydrogen-bond donors (Lipinski definition) is 2. The number of alkyl halides is 3. The molecule has 16 heavy (non-hydrogen) atoms. The minimum Gasteiger partial charge on any atom is -0.397 e. The molecule has 0 saturated heterocycles. The Morgan fingerprint density at radius 2 is 2.12 bits per heavy atom. The molecule has 5 nitrogen and oxygen atoms in total. The zero-order chi connectivity index (χ0) is 12.3. The zero-order valence-corrected chi connectivity index (χ0v) is 8.03. The van der Waals surface area contributed by atoms with Crippen molar-refractivity contribution in [1.29, 1.82) is 0 Å². The fourth-order valence-corrected chi connectivity index (χ4v) is 1.06. The van der Waals surface area contributed by atoms with Crippen LogP contribution in [0.3, 0.4) is 0 Å². The third kappa shape index (κ3) is 3.09. The number of carbonyl (C=O) groups is 1. The second kappa shape index (κ2) is 4.35. The maximum Gasteiger partial charge on any atom is 0.407 e. The first-order chi connectivity index (χ1) is 7.33. The largest absolute Gasteiger partial charge is 0.407 e. The van der Waals surface area contributed by atoms with Gasteiger partial charge in [0.25, 0.3) is 0 Å². The average Bonchev–Trinajstić information content (AvgIpc) is 2.14. The summed E-state index contributed by atoms with van der Waals surface area (Å²) in [5.74, 6) is 5.18. The van der Waals surface area contributed by atoms with Crippen LogP contribution in [-0.2, 0) is 0 Å². The van der Waals surface area contributed by atoms with Crippen LogP contribution in [0.1, 0.15) is 10.5 Å². The molecule has 0 unspecified atom stereocenters. The molecule has 88 valence electrons. The third-order valence-corrected chi connectivity index (χ3v) is 1.71. The first-order valence-corrected chi connectivity index (χ1v) is 4.13. The number of aldehydes is 1. The maximum absolute atomic E-state index is 12.0. The number of hydrogen-bond acceptors (Lipinski definition) is 5. The zero-order valence-electron chi connectivity index (χ0n) is 8.03. The summed E-state index contributed by atoms with van der Waals surface area (Å²) in [7, 11) is 0. The highest BCUT2D eigenvalue weighted by atomic mass is 19.4. The highest BCUT2D eigenvalue weighted by molar-refractivity contribution is 5.77. The number of halogens is 3. The quantitative estimate of drug-likeness (QED) is 0.457. The van der Waals surface area contributed by atoms with E-state index in [1.807, 2.05) is 0 Å². The van der Waals surface area contributed by atoms with Gasteiger partial charge in [-0.15, -0.1) is 0 Å². The molecule has 0 bridgehead atoms. The first-order valence-electron chi connectivity index (χ1n) is 4.13. The van der Waals surface area contributed by atoms with E-state index in [0.717, 1.165) is 12.3 Å². The van der Waals surface area contributed by atoms with Gasteiger partial charge in [0.1, 0.15) is 12.2 Å². The molecule has 0 aliphatic heterocycles. The number of pyridine rings is 1. The SMILES string of the molecule is Nc1cc(C=O)ncc1N(N)CC(F)(F)F. The molecule has 0 saturated carbocycles. The molecule has 4 N–H and O–H groups in total. The predicted molar refractivity (Wildman–Crippen MR) is 51.6 cm³/mol. The van der Waals surface area contributed by atoms with Crippen LogP contribution < -0.4 is 16.6 Å². The molecule has 0 spiro atoms. The van der Waals surface area contributed by atoms with Crippen LogP contribution in [0.5, 0.6) is 0 Å². The van der Waals surface area contributed by atoms with Crippen LogP contribution in [0, 0.1) is 0 Å². The van der Waals surface area contributed by atoms with Crippen LogP contribution in [0.15, 0.2) is 12.3 Å². The van der Waals surface area contributed by atoms with Crippen molar-refractivity contribution in [3.05, 3.63) is 18.0 Å². The van der Waals surface area contributed by atoms with Crippen LogP contribution in [0.25, 0.3) is 0 Å². The lowest BCUT2D eigenvalue weighted by Crippen LogP contribution is -2.40. The highest BCUT2D eigenvalue weighted by Crippen LogP contribution is 2.24. The number of hydrazine groups is 1. The molecule has 1 aromatic rings. The summed E-state index contributed by atoms with van der Waals surface area (Å²) < 4.78 is 36.1. The van der Waals surface area contributed by atoms with Gasteiger partial charge < -0.3 is 5.73 Å². The van der Waals surface area contributed by atoms with Gasteiger partial charge in [-0.3, -0.25) is 14.8 Å². The maximum atomic E-state index is 12.0. The van der Waals surface area contributed by atoms with Gasteiger partial charge >= 0.3 is 6.18 Å². The van der Waals surface area contributed by atoms with E-state index in [-0.39, 0.29) is 17.1 Å². The van der Waals surface area contributed by atoms with Gasteiger partial charge in [-0.1, -0.05) is 0 Å². The molecular formula is C8H9F3N4O. The molecule has 0 aliphatic carbocycles. The number of aromatic nitrogens is 1. The van der Waals surface area contributed by atoms with Gasteiger partial charge in [-0.25, -0.2) is 5.84 Å². The molecule has 0 aromatic carbocycles. The van der Waals surface area contributed by atoms with Crippen LogP contribution >= 0.6 is 0 Å². The fourth-order valence-electron chi connectivity index (χ4n) is 1.06. The number of rotatable bonds is 3. The molecule has 1 rings (SSSR count). The topological polar surface area (TPSA) is 85.2 Å². The van der Waals surface area contributed by atoms with Crippen molar-refractivity contribution in [3.63, 3.8) is 0 Å². The molecule has 0 radical (unpaired) electrons. The summed E-state index contributed by atoms with van der Waals surface area (Å²) in [6.07, 6.45) is -2.99. The van der Waals surface area contributed by atoms with E-state index >= 15 is 0 Å². The number of nitrogens with two attached hydrogens (primary N) is 2. The second-order valence-electron chi connectivity index (χ2n) is 3.03. The monoisotopic (exact) mass is 234 g/mol. The van der Waals surface area contributed by atoms with Gasteiger partial charge in [0, 0.05) is 0 Å². The molecular weight excluding hydrogens is 225 g/mol. The van der Waals surface area contributed by atoms with Gasteiger partial charge in [0.05, 0.1) is 17.6 Å². The fraction of sp³-hybridized carbons (Fsp3) is 0.250. The summed E-state index contributed by atoms with van der Waals surface area (Å²) in [6.45, 7) is -1.35. The third-order valence-electron chi connectivity index (χ3n) is 1.71. The molecule has 1 aromatic heterocycles. The van der Waals surface area contributed by atoms with Crippen molar-refractivity contribution in [2.75, 3.05) is 17.3 Å². The van der Waals surface area contributed by atoms with E-state index in [9.17, 15) is 18.0 Å². The number of nitrogen functional groups attached to an aromatic ring is 1. The summed E-state index contributed by atoms with van der Waals surface area (Å²) >= 11 is 0. The normalized spacial score (nSPS) is 11.2. The summed E-state index contributed by atoms with van der Waals surface area (Å²) in [6, 6.07) is 1.15. The van der Waals surface area contributed by atoms with Gasteiger partial charge in [0.15, 0.2) is 6.29 Å². The van der Waals surface area contributed by atoms with E-state index in [0.29, 0.717) is 11.3 Å². The van der Waals surface area contributed by atoms with E-state index in [1.54, 1.807) is 0 Å². The summed E-state index contributed by atoms with van der Waals surface area (Å²) in [4.78, 5) is 13.9. The highest BCUT2D eigenvalue weighted by Gasteiger charge is 2.30. The van der Waals surface area contributed by atoms with Crippen LogP contribution in [0.2, 0.25) is 0 Å². The smallest absolute Gasteiger partial charge is 0.397 e. The Morgan fingerprint density at radius 1 is 1.50 bits per heavy atom. The van der Waals surface area contributed by atoms with Crippen LogP contribution in [-0.4, -0.2) is 24.0 Å². The Labute approximate surface area is 88.8 Å². The van der Waals surface area contributed by atoms with E-state index < -0.39 is 12.7 Å². The van der Waals surface area contributed by atoms with Gasteiger partial charge in [-0.05, 0) is 6.07 Å². The molecule has 1 heterocycles. The number of anilines is 2. The lowest BCUT2D eigenvalue weighted by atomic mass is 10.3. The van der Waals surface area contributed by atoms with Crippen molar-refractivity contribution in [1.82, 2.24) is 4.98 Å². The van der Waals surface area contributed by atoms with Gasteiger partial charge in [0.2, 0.25) is 0 Å². The van der Waals surface area contributed by atoms with Crippen LogP contribution in [0.4, 0.5) is 24.5 Å². The first kappa shape index (κ1) is 12.2. The van der Waals surface area contributed by atoms with Crippen molar-refractivity contribution in [3.8, 4) is 0 Å². The summed E-state index contributed by atoms with van der Waals surface area (Å²) in [5, 5.41) is 0.427. The number of carbonyl (C=O) groups excluding carboxylic acids is 1. The van der Waals surface area contributed by atoms with E-state index in [2.05, 4.69) is 4.98 Å². The Morgan fingerprint density at radius 3 is 2.56 bits per heavy atom. The minimum absolute atomic E-state index is 0.0293. The van der Waals surface area contributed by atoms with E-state index in [1.165, 1.54) is 0 Å². The Hall–Kier alpha value is -1.83. The Kier molecular flexibility index (Phi) is 3.33. The van der Waals surface area contributed by atoms with Crippen molar-refractivity contribution < 1.29 is 18.0 Å².